The molecular formula is C19H22BN3O2S. The lowest BCUT2D eigenvalue weighted by molar-refractivity contribution is -0.134. The summed E-state index contributed by atoms with van der Waals surface area (Å²) >= 11 is 1.88. The number of benzene rings is 1. The molecule has 5 nitrogen and oxygen atoms in total. The van der Waals surface area contributed by atoms with E-state index >= 15 is 0 Å². The number of thioether (sulfide) groups is 1. The van der Waals surface area contributed by atoms with Crippen molar-refractivity contribution in [3.63, 3.8) is 0 Å². The Kier molecular flexibility index (Phi) is 4.95. The summed E-state index contributed by atoms with van der Waals surface area (Å²) in [6.07, 6.45) is 5.08. The van der Waals surface area contributed by atoms with Gasteiger partial charge in [-0.1, -0.05) is 37.6 Å². The van der Waals surface area contributed by atoms with Crippen molar-refractivity contribution >= 4 is 36.0 Å². The summed E-state index contributed by atoms with van der Waals surface area (Å²) < 4.78 is 0. The SMILES string of the molecule is N#CB1CCC(c2cccc3c2SCCN3C2CCC(=O)NC2=O)CC1. The quantitative estimate of drug-likeness (QED) is 0.643. The van der Waals surface area contributed by atoms with Gasteiger partial charge in [0.2, 0.25) is 11.8 Å². The van der Waals surface area contributed by atoms with Gasteiger partial charge in [0.25, 0.3) is 6.71 Å². The van der Waals surface area contributed by atoms with Crippen LogP contribution in [-0.4, -0.2) is 36.9 Å². The number of hydrogen-bond donors (Lipinski definition) is 1. The first kappa shape index (κ1) is 17.5. The second kappa shape index (κ2) is 7.36. The standard InChI is InChI=1S/C19H22BN3O2S/c21-12-20-8-6-13(7-9-20)14-2-1-3-15-18(14)26-11-10-23(15)16-4-5-17(24)22-19(16)25/h1-3,13,16H,4-11H2,(H,22,24,25). The zero-order chi connectivity index (χ0) is 18.1. The lowest BCUT2D eigenvalue weighted by Crippen LogP contribution is -2.54. The van der Waals surface area contributed by atoms with Crippen LogP contribution >= 0.6 is 11.8 Å². The predicted octanol–water partition coefficient (Wildman–Crippen LogP) is 2.84. The molecular weight excluding hydrogens is 345 g/mol. The van der Waals surface area contributed by atoms with Crippen molar-refractivity contribution in [2.75, 3.05) is 17.2 Å². The van der Waals surface area contributed by atoms with Crippen LogP contribution in [0.4, 0.5) is 5.69 Å². The van der Waals surface area contributed by atoms with Gasteiger partial charge in [0.05, 0.1) is 5.69 Å². The second-order valence-electron chi connectivity index (χ2n) is 7.38. The number of carbonyl (C=O) groups is 2. The van der Waals surface area contributed by atoms with Crippen LogP contribution in [0.1, 0.15) is 37.2 Å². The van der Waals surface area contributed by atoms with Crippen LogP contribution in [0.2, 0.25) is 12.6 Å². The van der Waals surface area contributed by atoms with E-state index in [1.54, 1.807) is 0 Å². The van der Waals surface area contributed by atoms with Crippen molar-refractivity contribution in [1.29, 1.82) is 5.26 Å². The average Bonchev–Trinajstić information content (AvgIpc) is 2.67. The molecule has 1 aromatic rings. The fraction of sp³-hybridized carbons (Fsp3) is 0.526. The molecule has 1 N–H and O–H groups in total. The smallest absolute Gasteiger partial charge is 0.267 e. The van der Waals surface area contributed by atoms with Gasteiger partial charge in [0.1, 0.15) is 6.04 Å². The Morgan fingerprint density at radius 3 is 2.77 bits per heavy atom. The highest BCUT2D eigenvalue weighted by Gasteiger charge is 2.35. The van der Waals surface area contributed by atoms with Gasteiger partial charge >= 0.3 is 0 Å². The number of piperidine rings is 1. The fourth-order valence-electron chi connectivity index (χ4n) is 4.45. The maximum atomic E-state index is 12.4. The predicted molar refractivity (Wildman–Crippen MR) is 104 cm³/mol. The van der Waals surface area contributed by atoms with Gasteiger partial charge in [0.15, 0.2) is 0 Å². The molecule has 1 aromatic carbocycles. The summed E-state index contributed by atoms with van der Waals surface area (Å²) in [5.74, 6) is 3.54. The lowest BCUT2D eigenvalue weighted by Gasteiger charge is -2.39. The molecule has 3 aliphatic rings. The van der Waals surface area contributed by atoms with Gasteiger partial charge in [-0.25, -0.2) is 5.26 Å². The third kappa shape index (κ3) is 3.23. The summed E-state index contributed by atoms with van der Waals surface area (Å²) in [5, 5.41) is 11.6. The van der Waals surface area contributed by atoms with Crippen LogP contribution in [-0.2, 0) is 9.59 Å². The highest BCUT2D eigenvalue weighted by atomic mass is 32.2. The molecule has 0 spiro atoms. The maximum Gasteiger partial charge on any atom is 0.267 e. The highest BCUT2D eigenvalue weighted by molar-refractivity contribution is 7.99. The molecule has 2 fully saturated rings. The normalized spacial score (nSPS) is 24.0. The molecule has 1 unspecified atom stereocenters. The molecule has 0 bridgehead atoms. The summed E-state index contributed by atoms with van der Waals surface area (Å²) in [4.78, 5) is 27.3. The number of nitrogens with zero attached hydrogens (tertiary/aromatic N) is 2. The number of imide groups is 1. The Morgan fingerprint density at radius 1 is 1.23 bits per heavy atom. The summed E-state index contributed by atoms with van der Waals surface area (Å²) in [6.45, 7) is 1.03. The molecule has 2 amide bonds. The number of anilines is 1. The summed E-state index contributed by atoms with van der Waals surface area (Å²) in [6, 6.07) is 6.17. The number of hydrogen-bond acceptors (Lipinski definition) is 5. The summed E-state index contributed by atoms with van der Waals surface area (Å²) in [7, 11) is 0. The molecule has 134 valence electrons. The number of nitrogens with one attached hydrogen (secondary N) is 1. The molecule has 0 aromatic heterocycles. The molecule has 26 heavy (non-hydrogen) atoms. The molecule has 2 saturated heterocycles. The number of fused-ring (bicyclic) bond motifs is 1. The van der Waals surface area contributed by atoms with Crippen molar-refractivity contribution in [1.82, 2.24) is 5.32 Å². The first-order valence-electron chi connectivity index (χ1n) is 9.43. The fourth-order valence-corrected chi connectivity index (χ4v) is 5.68. The second-order valence-corrected chi connectivity index (χ2v) is 8.49. The van der Waals surface area contributed by atoms with E-state index in [0.717, 1.165) is 43.5 Å². The van der Waals surface area contributed by atoms with Crippen LogP contribution in [0.25, 0.3) is 0 Å². The van der Waals surface area contributed by atoms with Crippen molar-refractivity contribution in [2.45, 2.75) is 55.2 Å². The minimum atomic E-state index is -0.253. The van der Waals surface area contributed by atoms with Crippen molar-refractivity contribution in [3.8, 4) is 5.97 Å². The van der Waals surface area contributed by atoms with Crippen molar-refractivity contribution < 1.29 is 9.59 Å². The minimum Gasteiger partial charge on any atom is -0.358 e. The number of carbonyl (C=O) groups excluding carboxylic acids is 2. The number of rotatable bonds is 2. The Morgan fingerprint density at radius 2 is 2.04 bits per heavy atom. The lowest BCUT2D eigenvalue weighted by atomic mass is 9.41. The summed E-state index contributed by atoms with van der Waals surface area (Å²) in [5.41, 5.74) is 2.51. The van der Waals surface area contributed by atoms with Gasteiger partial charge in [-0.3, -0.25) is 14.9 Å². The van der Waals surface area contributed by atoms with Gasteiger partial charge in [-0.15, -0.1) is 11.8 Å². The minimum absolute atomic E-state index is 0.166. The van der Waals surface area contributed by atoms with E-state index in [9.17, 15) is 9.59 Å². The largest absolute Gasteiger partial charge is 0.358 e. The first-order chi connectivity index (χ1) is 12.7. The van der Waals surface area contributed by atoms with Gasteiger partial charge in [0, 0.05) is 29.6 Å². The van der Waals surface area contributed by atoms with E-state index in [1.165, 1.54) is 10.5 Å². The van der Waals surface area contributed by atoms with Gasteiger partial charge < -0.3 is 4.90 Å². The molecule has 3 heterocycles. The molecule has 3 aliphatic heterocycles. The monoisotopic (exact) mass is 367 g/mol. The topological polar surface area (TPSA) is 73.2 Å². The number of nitriles is 1. The first-order valence-corrected chi connectivity index (χ1v) is 10.4. The molecule has 1 atom stereocenters. The number of amides is 2. The molecule has 0 saturated carbocycles. The van der Waals surface area contributed by atoms with Crippen LogP contribution < -0.4 is 10.2 Å². The van der Waals surface area contributed by atoms with Crippen molar-refractivity contribution in [2.24, 2.45) is 0 Å². The molecule has 7 heteroatoms. The van der Waals surface area contributed by atoms with Gasteiger partial charge in [-0.2, -0.15) is 0 Å². The van der Waals surface area contributed by atoms with E-state index < -0.39 is 0 Å². The zero-order valence-corrected chi connectivity index (χ0v) is 15.6. The Hall–Kier alpha value is -1.94. The van der Waals surface area contributed by atoms with Crippen LogP contribution in [0.15, 0.2) is 23.1 Å². The Labute approximate surface area is 158 Å². The van der Waals surface area contributed by atoms with Crippen LogP contribution in [0.5, 0.6) is 0 Å². The van der Waals surface area contributed by atoms with E-state index in [1.807, 2.05) is 11.8 Å². The van der Waals surface area contributed by atoms with E-state index in [4.69, 9.17) is 5.26 Å². The maximum absolute atomic E-state index is 12.4. The van der Waals surface area contributed by atoms with Gasteiger partial charge in [-0.05, 0) is 24.0 Å². The highest BCUT2D eigenvalue weighted by Crippen LogP contribution is 2.45. The molecule has 0 radical (unpaired) electrons. The van der Waals surface area contributed by atoms with E-state index in [-0.39, 0.29) is 24.6 Å². The van der Waals surface area contributed by atoms with E-state index in [0.29, 0.717) is 18.8 Å². The molecule has 0 aliphatic carbocycles. The third-order valence-electron chi connectivity index (χ3n) is 5.85. The third-order valence-corrected chi connectivity index (χ3v) is 6.97. The zero-order valence-electron chi connectivity index (χ0n) is 14.7. The van der Waals surface area contributed by atoms with Crippen LogP contribution in [0.3, 0.4) is 0 Å². The molecule has 4 rings (SSSR count). The van der Waals surface area contributed by atoms with Crippen molar-refractivity contribution in [3.05, 3.63) is 23.8 Å². The Bertz CT molecular complexity index is 771. The Balaban J connectivity index is 1.61. The van der Waals surface area contributed by atoms with Crippen LogP contribution in [0, 0.1) is 11.2 Å². The van der Waals surface area contributed by atoms with E-state index in [2.05, 4.69) is 34.4 Å². The average molecular weight is 367 g/mol.